The molecule has 3 aromatic rings. The van der Waals surface area contributed by atoms with E-state index < -0.39 is 49.0 Å². The normalized spacial score (nSPS) is 10.4. The van der Waals surface area contributed by atoms with Gasteiger partial charge in [-0.05, 0) is 92.1 Å². The van der Waals surface area contributed by atoms with Crippen LogP contribution in [-0.2, 0) is 23.9 Å². The number of hydrogen-bond donors (Lipinski definition) is 2. The first kappa shape index (κ1) is 36.3. The van der Waals surface area contributed by atoms with Gasteiger partial charge in [-0.25, -0.2) is 14.4 Å². The fraction of sp³-hybridized carbons (Fsp3) is 0.212. The minimum absolute atomic E-state index is 0.0743. The summed E-state index contributed by atoms with van der Waals surface area (Å²) < 4.78 is 29.3. The molecule has 0 aliphatic heterocycles. The molecule has 2 amide bonds. The fourth-order valence-corrected chi connectivity index (χ4v) is 3.91. The largest absolute Gasteiger partial charge is 0.452 e. The van der Waals surface area contributed by atoms with E-state index in [0.29, 0.717) is 12.8 Å². The van der Waals surface area contributed by atoms with Gasteiger partial charge < -0.3 is 39.1 Å². The number of amides is 2. The highest BCUT2D eigenvalue weighted by Crippen LogP contribution is 2.19. The Hall–Kier alpha value is -7.12. The number of esters is 3. The van der Waals surface area contributed by atoms with Crippen LogP contribution >= 0.6 is 0 Å². The van der Waals surface area contributed by atoms with Crippen LogP contribution in [0, 0.1) is 34.6 Å². The van der Waals surface area contributed by atoms with Gasteiger partial charge in [-0.1, -0.05) is 0 Å². The van der Waals surface area contributed by atoms with Crippen LogP contribution in [0.2, 0.25) is 0 Å². The molecule has 0 fully saturated rings. The van der Waals surface area contributed by atoms with Gasteiger partial charge in [0.05, 0.1) is 11.1 Å². The topological polar surface area (TPSA) is 236 Å². The Balaban J connectivity index is 1.48. The van der Waals surface area contributed by atoms with Crippen LogP contribution in [0.4, 0.5) is 0 Å². The summed E-state index contributed by atoms with van der Waals surface area (Å²) in [4.78, 5) is 62.3. The zero-order valence-corrected chi connectivity index (χ0v) is 25.6. The number of carbonyl (C=O) groups excluding carboxylic acids is 5. The molecule has 0 spiro atoms. The van der Waals surface area contributed by atoms with Crippen LogP contribution < -0.4 is 29.6 Å². The van der Waals surface area contributed by atoms with Crippen LogP contribution in [0.15, 0.2) is 72.8 Å². The fourth-order valence-electron chi connectivity index (χ4n) is 3.91. The first-order chi connectivity index (χ1) is 23.7. The maximum atomic E-state index is 13.0. The van der Waals surface area contributed by atoms with Crippen molar-refractivity contribution < 1.29 is 52.4 Å². The monoisotopic (exact) mass is 669 g/mol. The third-order valence-corrected chi connectivity index (χ3v) is 6.24. The predicted octanol–water partition coefficient (Wildman–Crippen LogP) is 2.66. The molecule has 250 valence electrons. The second-order valence-electron chi connectivity index (χ2n) is 9.64. The standard InChI is InChI=1S/C33H27N5O11/c34-19-46-24-8-4-22(5-9-24)31(41)44-17-29(39)37-16-2-1-3-28(33(43)49-27-14-12-26(13-15-27)48-21-36)38-30(40)18-45-32(42)23-6-10-25(11-7-23)47-20-35/h4-15,28H,1-3,16-18H2,(H,37,39)(H,38,40). The van der Waals surface area contributed by atoms with Gasteiger partial charge in [-0.2, -0.15) is 0 Å². The highest BCUT2D eigenvalue weighted by molar-refractivity contribution is 5.92. The van der Waals surface area contributed by atoms with Crippen LogP contribution in [0.1, 0.15) is 40.0 Å². The third-order valence-electron chi connectivity index (χ3n) is 6.24. The molecule has 0 aromatic heterocycles. The van der Waals surface area contributed by atoms with Crippen molar-refractivity contribution in [1.29, 1.82) is 15.8 Å². The molecule has 2 N–H and O–H groups in total. The van der Waals surface area contributed by atoms with E-state index in [1.54, 1.807) is 0 Å². The smallest absolute Gasteiger partial charge is 0.338 e. The van der Waals surface area contributed by atoms with Crippen LogP contribution in [0.5, 0.6) is 23.0 Å². The van der Waals surface area contributed by atoms with E-state index in [4.69, 9.17) is 34.7 Å². The first-order valence-electron chi connectivity index (χ1n) is 14.3. The summed E-state index contributed by atoms with van der Waals surface area (Å²) in [5, 5.41) is 30.8. The van der Waals surface area contributed by atoms with Gasteiger partial charge in [0.15, 0.2) is 13.2 Å². The van der Waals surface area contributed by atoms with Crippen molar-refractivity contribution in [1.82, 2.24) is 10.6 Å². The lowest BCUT2D eigenvalue weighted by molar-refractivity contribution is -0.140. The van der Waals surface area contributed by atoms with Crippen LogP contribution in [0.3, 0.4) is 0 Å². The van der Waals surface area contributed by atoms with Crippen molar-refractivity contribution in [3.05, 3.63) is 83.9 Å². The quantitative estimate of drug-likeness (QED) is 0.0910. The Morgan fingerprint density at radius 1 is 0.592 bits per heavy atom. The number of nitriles is 3. The number of rotatable bonds is 17. The van der Waals surface area contributed by atoms with Gasteiger partial charge in [-0.3, -0.25) is 9.59 Å². The molecule has 3 aromatic carbocycles. The molecule has 3 rings (SSSR count). The summed E-state index contributed by atoms with van der Waals surface area (Å²) in [6.07, 6.45) is 5.28. The highest BCUT2D eigenvalue weighted by atomic mass is 16.5. The average molecular weight is 670 g/mol. The van der Waals surface area contributed by atoms with Gasteiger partial charge in [0.2, 0.25) is 0 Å². The molecule has 0 saturated heterocycles. The van der Waals surface area contributed by atoms with E-state index in [-0.39, 0.29) is 47.1 Å². The summed E-state index contributed by atoms with van der Waals surface area (Å²) in [6, 6.07) is 15.4. The van der Waals surface area contributed by atoms with Crippen molar-refractivity contribution in [3.63, 3.8) is 0 Å². The lowest BCUT2D eigenvalue weighted by Gasteiger charge is -2.18. The Bertz CT molecular complexity index is 1740. The minimum Gasteiger partial charge on any atom is -0.452 e. The molecule has 16 heteroatoms. The Labute approximate surface area is 279 Å². The molecule has 1 unspecified atom stereocenters. The number of unbranched alkanes of at least 4 members (excludes halogenated alkanes) is 1. The van der Waals surface area contributed by atoms with Crippen LogP contribution in [0.25, 0.3) is 0 Å². The van der Waals surface area contributed by atoms with E-state index in [1.807, 2.05) is 0 Å². The highest BCUT2D eigenvalue weighted by Gasteiger charge is 2.24. The lowest BCUT2D eigenvalue weighted by atomic mass is 10.1. The molecule has 0 aliphatic rings. The minimum atomic E-state index is -1.18. The summed E-state index contributed by atoms with van der Waals surface area (Å²) in [7, 11) is 0. The van der Waals surface area contributed by atoms with Gasteiger partial charge in [0.25, 0.3) is 30.6 Å². The SMILES string of the molecule is N#COc1ccc(OC(=O)C(CCCCNC(=O)COC(=O)c2ccc(OC#N)cc2)NC(=O)COC(=O)c2ccc(OC#N)cc2)cc1. The number of benzene rings is 3. The van der Waals surface area contributed by atoms with Crippen molar-refractivity contribution >= 4 is 29.7 Å². The number of nitrogens with one attached hydrogen (secondary N) is 2. The van der Waals surface area contributed by atoms with Crippen molar-refractivity contribution in [2.45, 2.75) is 25.3 Å². The van der Waals surface area contributed by atoms with E-state index in [2.05, 4.69) is 20.1 Å². The maximum Gasteiger partial charge on any atom is 0.338 e. The van der Waals surface area contributed by atoms with Crippen LogP contribution in [-0.4, -0.2) is 55.5 Å². The summed E-state index contributed by atoms with van der Waals surface area (Å²) in [5.74, 6) is -3.00. The Morgan fingerprint density at radius 3 is 1.49 bits per heavy atom. The zero-order chi connectivity index (χ0) is 35.4. The molecule has 0 bridgehead atoms. The summed E-state index contributed by atoms with van der Waals surface area (Å²) in [6.45, 7) is -1.11. The zero-order valence-electron chi connectivity index (χ0n) is 25.6. The second-order valence-corrected chi connectivity index (χ2v) is 9.64. The van der Waals surface area contributed by atoms with Gasteiger partial charge in [0.1, 0.15) is 29.0 Å². The molecule has 1 atom stereocenters. The number of carbonyl (C=O) groups is 5. The average Bonchev–Trinajstić information content (AvgIpc) is 3.10. The first-order valence-corrected chi connectivity index (χ1v) is 14.3. The van der Waals surface area contributed by atoms with E-state index >= 15 is 0 Å². The molecule has 0 heterocycles. The second kappa shape index (κ2) is 19.4. The third kappa shape index (κ3) is 12.7. The van der Waals surface area contributed by atoms with Gasteiger partial charge in [0, 0.05) is 6.54 Å². The van der Waals surface area contributed by atoms with E-state index in [9.17, 15) is 24.0 Å². The van der Waals surface area contributed by atoms with E-state index in [0.717, 1.165) is 0 Å². The number of hydrogen-bond acceptors (Lipinski definition) is 14. The lowest BCUT2D eigenvalue weighted by Crippen LogP contribution is -2.44. The van der Waals surface area contributed by atoms with Crippen molar-refractivity contribution in [2.24, 2.45) is 0 Å². The molecule has 16 nitrogen and oxygen atoms in total. The molecular formula is C33H27N5O11. The number of nitrogens with zero attached hydrogens (tertiary/aromatic N) is 3. The molecule has 0 radical (unpaired) electrons. The maximum absolute atomic E-state index is 13.0. The molecule has 0 saturated carbocycles. The molecule has 0 aliphatic carbocycles. The van der Waals surface area contributed by atoms with E-state index in [1.165, 1.54) is 91.6 Å². The summed E-state index contributed by atoms with van der Waals surface area (Å²) >= 11 is 0. The Morgan fingerprint density at radius 2 is 1.02 bits per heavy atom. The predicted molar refractivity (Wildman–Crippen MR) is 163 cm³/mol. The summed E-state index contributed by atoms with van der Waals surface area (Å²) in [5.41, 5.74) is 0.246. The molecule has 49 heavy (non-hydrogen) atoms. The van der Waals surface area contributed by atoms with Crippen molar-refractivity contribution in [2.75, 3.05) is 19.8 Å². The van der Waals surface area contributed by atoms with Gasteiger partial charge in [-0.15, -0.1) is 15.8 Å². The molecular weight excluding hydrogens is 642 g/mol. The Kier molecular flexibility index (Phi) is 14.4. The van der Waals surface area contributed by atoms with Gasteiger partial charge >= 0.3 is 17.9 Å². The number of ether oxygens (including phenoxy) is 6. The van der Waals surface area contributed by atoms with Crippen molar-refractivity contribution in [3.8, 4) is 41.8 Å².